The molecule has 0 spiro atoms. The summed E-state index contributed by atoms with van der Waals surface area (Å²) in [4.78, 5) is 0. The fraction of sp³-hybridized carbons (Fsp3) is 1.00. The normalized spacial score (nSPS) is 14.0. The van der Waals surface area contributed by atoms with Crippen molar-refractivity contribution >= 4 is 0 Å². The summed E-state index contributed by atoms with van der Waals surface area (Å²) in [6, 6.07) is 0. The van der Waals surface area contributed by atoms with Gasteiger partial charge in [-0.25, -0.2) is 0 Å². The topological polar surface area (TPSA) is 41.5 Å². The molecular weight excluding hydrogens is 190 g/mol. The maximum atomic E-state index is 9.41. The second-order valence-corrected chi connectivity index (χ2v) is 3.39. The third kappa shape index (κ3) is 13.9. The average molecular weight is 219 g/mol. The fourth-order valence-corrected chi connectivity index (χ4v) is 1.14. The molecule has 0 bridgehead atoms. The van der Waals surface area contributed by atoms with Crippen molar-refractivity contribution in [2.75, 3.05) is 19.7 Å². The highest BCUT2D eigenvalue weighted by molar-refractivity contribution is 4.58. The minimum absolute atomic E-state index is 0.265. The molecule has 0 amide bonds. The molecule has 0 aromatic carbocycles. The highest BCUT2D eigenvalue weighted by Gasteiger charge is 2.06. The molecule has 2 atom stereocenters. The maximum absolute atomic E-state index is 9.41. The van der Waals surface area contributed by atoms with E-state index in [4.69, 9.17) is 4.74 Å². The van der Waals surface area contributed by atoms with Crippen LogP contribution in [0.3, 0.4) is 0 Å². The Morgan fingerprint density at radius 2 is 1.87 bits per heavy atom. The zero-order valence-corrected chi connectivity index (χ0v) is 11.0. The van der Waals surface area contributed by atoms with Gasteiger partial charge in [-0.05, 0) is 19.9 Å². The van der Waals surface area contributed by atoms with E-state index in [0.29, 0.717) is 13.2 Å². The van der Waals surface area contributed by atoms with Gasteiger partial charge < -0.3 is 15.2 Å². The van der Waals surface area contributed by atoms with E-state index in [0.717, 1.165) is 19.4 Å². The summed E-state index contributed by atoms with van der Waals surface area (Å²) in [7, 11) is 0. The summed E-state index contributed by atoms with van der Waals surface area (Å²) in [5.41, 5.74) is 0. The van der Waals surface area contributed by atoms with Crippen LogP contribution in [0.2, 0.25) is 0 Å². The number of aliphatic hydroxyl groups excluding tert-OH is 1. The molecule has 0 aliphatic carbocycles. The van der Waals surface area contributed by atoms with Crippen LogP contribution in [0.4, 0.5) is 0 Å². The van der Waals surface area contributed by atoms with E-state index in [2.05, 4.69) is 12.2 Å². The molecule has 3 nitrogen and oxygen atoms in total. The van der Waals surface area contributed by atoms with Gasteiger partial charge in [0.2, 0.25) is 0 Å². The Hall–Kier alpha value is -0.120. The van der Waals surface area contributed by atoms with Gasteiger partial charge in [0.15, 0.2) is 0 Å². The first-order chi connectivity index (χ1) is 7.20. The van der Waals surface area contributed by atoms with Crippen LogP contribution < -0.4 is 5.32 Å². The third-order valence-electron chi connectivity index (χ3n) is 1.90. The lowest BCUT2D eigenvalue weighted by Gasteiger charge is -2.15. The lowest BCUT2D eigenvalue weighted by atomic mass is 10.2. The van der Waals surface area contributed by atoms with Gasteiger partial charge >= 0.3 is 0 Å². The van der Waals surface area contributed by atoms with Crippen molar-refractivity contribution in [3.8, 4) is 0 Å². The Labute approximate surface area is 95.2 Å². The molecule has 0 saturated heterocycles. The quantitative estimate of drug-likeness (QED) is 0.657. The van der Waals surface area contributed by atoms with Crippen LogP contribution in [0.1, 0.15) is 47.5 Å². The number of nitrogens with one attached hydrogen (secondary N) is 1. The molecule has 0 rings (SSSR count). The fourth-order valence-electron chi connectivity index (χ4n) is 1.14. The number of ether oxygens (including phenoxy) is 1. The van der Waals surface area contributed by atoms with Crippen LogP contribution in [0.25, 0.3) is 0 Å². The number of rotatable bonds is 8. The molecule has 0 aromatic heterocycles. The summed E-state index contributed by atoms with van der Waals surface area (Å²) in [5.74, 6) is 0. The second kappa shape index (κ2) is 13.9. The molecule has 0 aliphatic rings. The van der Waals surface area contributed by atoms with Gasteiger partial charge in [0, 0.05) is 6.54 Å². The number of hydrogen-bond acceptors (Lipinski definition) is 3. The van der Waals surface area contributed by atoms with E-state index in [-0.39, 0.29) is 12.2 Å². The van der Waals surface area contributed by atoms with E-state index in [1.807, 2.05) is 27.7 Å². The van der Waals surface area contributed by atoms with Crippen molar-refractivity contribution in [3.05, 3.63) is 0 Å². The van der Waals surface area contributed by atoms with E-state index in [1.165, 1.54) is 0 Å². The first-order valence-electron chi connectivity index (χ1n) is 6.21. The highest BCUT2D eigenvalue weighted by atomic mass is 16.5. The predicted molar refractivity (Wildman–Crippen MR) is 66.2 cm³/mol. The summed E-state index contributed by atoms with van der Waals surface area (Å²) in [5, 5.41) is 12.5. The van der Waals surface area contributed by atoms with Gasteiger partial charge in [0.05, 0.1) is 18.8 Å². The SMILES string of the molecule is CC.CCCC(C)OCC(O)CNCC. The standard InChI is InChI=1S/C10H23NO2.C2H6/c1-4-6-9(3)13-8-10(12)7-11-5-2;1-2/h9-12H,4-8H2,1-3H3;1-2H3. The minimum Gasteiger partial charge on any atom is -0.389 e. The molecule has 15 heavy (non-hydrogen) atoms. The number of hydrogen-bond donors (Lipinski definition) is 2. The van der Waals surface area contributed by atoms with Crippen molar-refractivity contribution in [2.24, 2.45) is 0 Å². The van der Waals surface area contributed by atoms with E-state index in [9.17, 15) is 5.11 Å². The van der Waals surface area contributed by atoms with Crippen LogP contribution in [0, 0.1) is 0 Å². The highest BCUT2D eigenvalue weighted by Crippen LogP contribution is 2.00. The Kier molecular flexibility index (Phi) is 16.0. The molecule has 0 saturated carbocycles. The van der Waals surface area contributed by atoms with Gasteiger partial charge in [-0.1, -0.05) is 34.1 Å². The van der Waals surface area contributed by atoms with Gasteiger partial charge in [-0.15, -0.1) is 0 Å². The zero-order chi connectivity index (χ0) is 12.1. The third-order valence-corrected chi connectivity index (χ3v) is 1.90. The van der Waals surface area contributed by atoms with Crippen LogP contribution in [-0.2, 0) is 4.74 Å². The van der Waals surface area contributed by atoms with Gasteiger partial charge in [0.1, 0.15) is 0 Å². The van der Waals surface area contributed by atoms with Gasteiger partial charge in [0.25, 0.3) is 0 Å². The number of aliphatic hydroxyl groups is 1. The molecule has 0 radical (unpaired) electrons. The Morgan fingerprint density at radius 3 is 2.33 bits per heavy atom. The largest absolute Gasteiger partial charge is 0.389 e. The summed E-state index contributed by atoms with van der Waals surface area (Å²) >= 11 is 0. The second-order valence-electron chi connectivity index (χ2n) is 3.39. The molecule has 0 aromatic rings. The van der Waals surface area contributed by atoms with Crippen molar-refractivity contribution in [1.29, 1.82) is 0 Å². The lowest BCUT2D eigenvalue weighted by molar-refractivity contribution is -0.00409. The molecule has 0 aliphatic heterocycles. The minimum atomic E-state index is -0.376. The molecule has 3 heteroatoms. The van der Waals surface area contributed by atoms with Crippen LogP contribution >= 0.6 is 0 Å². The summed E-state index contributed by atoms with van der Waals surface area (Å²) in [6.45, 7) is 12.1. The smallest absolute Gasteiger partial charge is 0.0897 e. The van der Waals surface area contributed by atoms with E-state index < -0.39 is 0 Å². The maximum Gasteiger partial charge on any atom is 0.0897 e. The first kappa shape index (κ1) is 17.3. The van der Waals surface area contributed by atoms with E-state index in [1.54, 1.807) is 0 Å². The molecule has 2 unspecified atom stereocenters. The lowest BCUT2D eigenvalue weighted by Crippen LogP contribution is -2.31. The van der Waals surface area contributed by atoms with E-state index >= 15 is 0 Å². The van der Waals surface area contributed by atoms with Gasteiger partial charge in [-0.3, -0.25) is 0 Å². The predicted octanol–water partition coefficient (Wildman–Crippen LogP) is 2.19. The number of likely N-dealkylation sites (N-methyl/N-ethyl adjacent to an activating group) is 1. The zero-order valence-electron chi connectivity index (χ0n) is 11.0. The molecule has 94 valence electrons. The van der Waals surface area contributed by atoms with Crippen LogP contribution in [0.15, 0.2) is 0 Å². The summed E-state index contributed by atoms with van der Waals surface area (Å²) in [6.07, 6.45) is 2.08. The molecule has 0 fully saturated rings. The Morgan fingerprint density at radius 1 is 1.27 bits per heavy atom. The van der Waals surface area contributed by atoms with Crippen molar-refractivity contribution in [1.82, 2.24) is 5.32 Å². The van der Waals surface area contributed by atoms with Crippen LogP contribution in [0.5, 0.6) is 0 Å². The molecule has 0 heterocycles. The van der Waals surface area contributed by atoms with Crippen LogP contribution in [-0.4, -0.2) is 37.0 Å². The van der Waals surface area contributed by atoms with Crippen molar-refractivity contribution in [2.45, 2.75) is 59.7 Å². The summed E-state index contributed by atoms with van der Waals surface area (Å²) < 4.78 is 5.45. The molecular formula is C12H29NO2. The Bertz CT molecular complexity index is 110. The first-order valence-corrected chi connectivity index (χ1v) is 6.21. The average Bonchev–Trinajstić information content (AvgIpc) is 2.26. The van der Waals surface area contributed by atoms with Gasteiger partial charge in [-0.2, -0.15) is 0 Å². The molecule has 2 N–H and O–H groups in total. The van der Waals surface area contributed by atoms with Crippen molar-refractivity contribution < 1.29 is 9.84 Å². The monoisotopic (exact) mass is 219 g/mol. The Balaban J connectivity index is 0. The van der Waals surface area contributed by atoms with Crippen molar-refractivity contribution in [3.63, 3.8) is 0 Å².